The molecule has 1 aliphatic carbocycles. The summed E-state index contributed by atoms with van der Waals surface area (Å²) < 4.78 is 0. The van der Waals surface area contributed by atoms with Gasteiger partial charge in [0.2, 0.25) is 0 Å². The normalized spacial score (nSPS) is 23.0. The van der Waals surface area contributed by atoms with Crippen LogP contribution < -0.4 is 5.32 Å². The van der Waals surface area contributed by atoms with Crippen molar-refractivity contribution in [1.82, 2.24) is 10.2 Å². The van der Waals surface area contributed by atoms with Gasteiger partial charge in [0.25, 0.3) is 0 Å². The highest BCUT2D eigenvalue weighted by atomic mass is 16.3. The monoisotopic (exact) mass is 260 g/mol. The molecule has 1 aliphatic heterocycles. The maximum absolute atomic E-state index is 10.3. The van der Waals surface area contributed by atoms with E-state index < -0.39 is 0 Å². The van der Waals surface area contributed by atoms with Crippen LogP contribution >= 0.6 is 0 Å². The van der Waals surface area contributed by atoms with E-state index in [1.54, 1.807) is 0 Å². The van der Waals surface area contributed by atoms with Crippen molar-refractivity contribution in [3.8, 4) is 5.75 Å². The Morgan fingerprint density at radius 2 is 2.00 bits per heavy atom. The van der Waals surface area contributed by atoms with E-state index in [1.807, 2.05) is 12.1 Å². The molecule has 1 saturated heterocycles. The highest BCUT2D eigenvalue weighted by molar-refractivity contribution is 5.38. The van der Waals surface area contributed by atoms with Gasteiger partial charge < -0.3 is 10.4 Å². The molecule has 1 atom stereocenters. The zero-order valence-electron chi connectivity index (χ0n) is 11.7. The Balaban J connectivity index is 1.90. The number of phenolic OH excluding ortho intramolecular Hbond substituents is 1. The van der Waals surface area contributed by atoms with E-state index in [4.69, 9.17) is 0 Å². The van der Waals surface area contributed by atoms with E-state index in [0.29, 0.717) is 11.8 Å². The van der Waals surface area contributed by atoms with E-state index in [2.05, 4.69) is 23.2 Å². The van der Waals surface area contributed by atoms with E-state index in [0.717, 1.165) is 37.7 Å². The van der Waals surface area contributed by atoms with Gasteiger partial charge in [-0.1, -0.05) is 24.1 Å². The summed E-state index contributed by atoms with van der Waals surface area (Å²) in [6.45, 7) is 6.42. The number of phenols is 1. The third-order valence-electron chi connectivity index (χ3n) is 4.64. The number of hydrogen-bond acceptors (Lipinski definition) is 3. The zero-order chi connectivity index (χ0) is 13.2. The predicted molar refractivity (Wildman–Crippen MR) is 77.4 cm³/mol. The summed E-state index contributed by atoms with van der Waals surface area (Å²) in [6, 6.07) is 6.45. The second-order valence-corrected chi connectivity index (χ2v) is 5.98. The summed E-state index contributed by atoms with van der Waals surface area (Å²) in [4.78, 5) is 2.56. The topological polar surface area (TPSA) is 35.5 Å². The lowest BCUT2D eigenvalue weighted by Crippen LogP contribution is -2.47. The van der Waals surface area contributed by atoms with Gasteiger partial charge in [-0.3, -0.25) is 4.90 Å². The Morgan fingerprint density at radius 3 is 2.63 bits per heavy atom. The first-order valence-electron chi connectivity index (χ1n) is 7.50. The maximum atomic E-state index is 10.3. The minimum absolute atomic E-state index is 0.413. The third kappa shape index (κ3) is 2.63. The van der Waals surface area contributed by atoms with Gasteiger partial charge in [0.05, 0.1) is 0 Å². The van der Waals surface area contributed by atoms with Crippen molar-refractivity contribution in [2.75, 3.05) is 26.2 Å². The van der Waals surface area contributed by atoms with Gasteiger partial charge in [0.1, 0.15) is 5.75 Å². The highest BCUT2D eigenvalue weighted by Gasteiger charge is 2.34. The SMILES string of the molecule is Cc1ccc(O)c([C@H](C2CCC2)N2CCNCC2)c1. The summed E-state index contributed by atoms with van der Waals surface area (Å²) in [6.07, 6.45) is 3.96. The van der Waals surface area contributed by atoms with Crippen molar-refractivity contribution in [3.63, 3.8) is 0 Å². The second-order valence-electron chi connectivity index (χ2n) is 5.98. The third-order valence-corrected chi connectivity index (χ3v) is 4.64. The van der Waals surface area contributed by atoms with Crippen molar-refractivity contribution in [2.45, 2.75) is 32.2 Å². The number of aromatic hydroxyl groups is 1. The summed E-state index contributed by atoms with van der Waals surface area (Å²) in [5, 5.41) is 13.7. The molecule has 2 fully saturated rings. The zero-order valence-corrected chi connectivity index (χ0v) is 11.7. The maximum Gasteiger partial charge on any atom is 0.120 e. The van der Waals surface area contributed by atoms with Crippen molar-refractivity contribution in [2.24, 2.45) is 5.92 Å². The molecule has 0 unspecified atom stereocenters. The molecule has 19 heavy (non-hydrogen) atoms. The second kappa shape index (κ2) is 5.51. The molecular formula is C16H24N2O. The summed E-state index contributed by atoms with van der Waals surface area (Å²) in [5.41, 5.74) is 2.39. The molecule has 1 aromatic rings. The van der Waals surface area contributed by atoms with E-state index >= 15 is 0 Å². The average molecular weight is 260 g/mol. The Labute approximate surface area is 115 Å². The van der Waals surface area contributed by atoms with Gasteiger partial charge in [-0.2, -0.15) is 0 Å². The predicted octanol–water partition coefficient (Wildman–Crippen LogP) is 2.45. The van der Waals surface area contributed by atoms with Crippen molar-refractivity contribution in [1.29, 1.82) is 0 Å². The number of piperazine rings is 1. The largest absolute Gasteiger partial charge is 0.508 e. The van der Waals surface area contributed by atoms with Gasteiger partial charge in [0.15, 0.2) is 0 Å². The Hall–Kier alpha value is -1.06. The number of nitrogens with zero attached hydrogens (tertiary/aromatic N) is 1. The molecule has 3 nitrogen and oxygen atoms in total. The lowest BCUT2D eigenvalue weighted by molar-refractivity contribution is 0.0819. The number of hydrogen-bond donors (Lipinski definition) is 2. The molecule has 104 valence electrons. The molecule has 3 heteroatoms. The molecule has 1 saturated carbocycles. The van der Waals surface area contributed by atoms with Crippen LogP contribution in [-0.4, -0.2) is 36.2 Å². The van der Waals surface area contributed by atoms with Gasteiger partial charge in [-0.15, -0.1) is 0 Å². The van der Waals surface area contributed by atoms with Crippen molar-refractivity contribution < 1.29 is 5.11 Å². The van der Waals surface area contributed by atoms with Crippen LogP contribution in [0.5, 0.6) is 5.75 Å². The molecule has 2 N–H and O–H groups in total. The average Bonchev–Trinajstić information content (AvgIpc) is 2.38. The Bertz CT molecular complexity index is 436. The van der Waals surface area contributed by atoms with Crippen LogP contribution in [0, 0.1) is 12.8 Å². The van der Waals surface area contributed by atoms with Crippen molar-refractivity contribution >= 4 is 0 Å². The first-order valence-corrected chi connectivity index (χ1v) is 7.50. The number of nitrogens with one attached hydrogen (secondary N) is 1. The van der Waals surface area contributed by atoms with Crippen molar-refractivity contribution in [3.05, 3.63) is 29.3 Å². The molecule has 3 rings (SSSR count). The van der Waals surface area contributed by atoms with Crippen LogP contribution in [0.4, 0.5) is 0 Å². The molecule has 1 aromatic carbocycles. The lowest BCUT2D eigenvalue weighted by Gasteiger charge is -2.43. The lowest BCUT2D eigenvalue weighted by atomic mass is 9.76. The summed E-state index contributed by atoms with van der Waals surface area (Å²) in [7, 11) is 0. The number of benzene rings is 1. The molecule has 0 aromatic heterocycles. The molecular weight excluding hydrogens is 236 g/mol. The van der Waals surface area contributed by atoms with Crippen LogP contribution in [0.25, 0.3) is 0 Å². The fourth-order valence-electron chi connectivity index (χ4n) is 3.38. The number of aryl methyl sites for hydroxylation is 1. The molecule has 1 heterocycles. The van der Waals surface area contributed by atoms with Gasteiger partial charge in [-0.25, -0.2) is 0 Å². The Kier molecular flexibility index (Phi) is 3.76. The van der Waals surface area contributed by atoms with Gasteiger partial charge in [-0.05, 0) is 31.7 Å². The Morgan fingerprint density at radius 1 is 1.26 bits per heavy atom. The molecule has 2 aliphatic rings. The minimum Gasteiger partial charge on any atom is -0.508 e. The summed E-state index contributed by atoms with van der Waals surface area (Å²) in [5.74, 6) is 1.20. The van der Waals surface area contributed by atoms with Crippen LogP contribution in [0.2, 0.25) is 0 Å². The fraction of sp³-hybridized carbons (Fsp3) is 0.625. The molecule has 0 spiro atoms. The quantitative estimate of drug-likeness (QED) is 0.876. The van der Waals surface area contributed by atoms with E-state index in [1.165, 1.54) is 24.8 Å². The molecule has 0 bridgehead atoms. The fourth-order valence-corrected chi connectivity index (χ4v) is 3.38. The van der Waals surface area contributed by atoms with Crippen LogP contribution in [0.15, 0.2) is 18.2 Å². The van der Waals surface area contributed by atoms with Crippen LogP contribution in [-0.2, 0) is 0 Å². The first-order chi connectivity index (χ1) is 9.25. The van der Waals surface area contributed by atoms with Gasteiger partial charge in [0, 0.05) is 37.8 Å². The van der Waals surface area contributed by atoms with Crippen LogP contribution in [0.3, 0.4) is 0 Å². The molecule has 0 radical (unpaired) electrons. The summed E-state index contributed by atoms with van der Waals surface area (Å²) >= 11 is 0. The minimum atomic E-state index is 0.413. The van der Waals surface area contributed by atoms with E-state index in [-0.39, 0.29) is 0 Å². The van der Waals surface area contributed by atoms with E-state index in [9.17, 15) is 5.11 Å². The highest BCUT2D eigenvalue weighted by Crippen LogP contribution is 2.44. The number of rotatable bonds is 3. The van der Waals surface area contributed by atoms with Gasteiger partial charge >= 0.3 is 0 Å². The standard InChI is InChI=1S/C16H24N2O/c1-12-5-6-15(19)14(11-12)16(13-3-2-4-13)18-9-7-17-8-10-18/h5-6,11,13,16-17,19H,2-4,7-10H2,1H3/t16-/m0/s1. The first kappa shape index (κ1) is 12.9. The molecule has 0 amide bonds. The smallest absolute Gasteiger partial charge is 0.120 e. The van der Waals surface area contributed by atoms with Crippen LogP contribution in [0.1, 0.15) is 36.4 Å².